The Balaban J connectivity index is 1.81. The van der Waals surface area contributed by atoms with E-state index in [9.17, 15) is 0 Å². The van der Waals surface area contributed by atoms with Crippen LogP contribution in [0.5, 0.6) is 0 Å². The molecule has 3 nitrogen and oxygen atoms in total. The van der Waals surface area contributed by atoms with Gasteiger partial charge in [0.1, 0.15) is 0 Å². The molecule has 2 rings (SSSR count). The van der Waals surface area contributed by atoms with E-state index in [0.717, 1.165) is 6.54 Å². The van der Waals surface area contributed by atoms with Crippen LogP contribution in [0.25, 0.3) is 0 Å². The van der Waals surface area contributed by atoms with Crippen molar-refractivity contribution in [1.82, 2.24) is 14.8 Å². The van der Waals surface area contributed by atoms with Crippen molar-refractivity contribution >= 4 is 11.3 Å². The first kappa shape index (κ1) is 12.0. The molecule has 1 aromatic heterocycles. The van der Waals surface area contributed by atoms with E-state index in [2.05, 4.69) is 35.6 Å². The van der Waals surface area contributed by atoms with Crippen LogP contribution < -0.4 is 0 Å². The van der Waals surface area contributed by atoms with Gasteiger partial charge in [0, 0.05) is 49.8 Å². The molecule has 0 atom stereocenters. The largest absolute Gasteiger partial charge is 0.298 e. The monoisotopic (exact) mass is 239 g/mol. The summed E-state index contributed by atoms with van der Waals surface area (Å²) < 4.78 is 0. The van der Waals surface area contributed by atoms with E-state index in [0.29, 0.717) is 6.04 Å². The Hall–Kier alpha value is -0.450. The van der Waals surface area contributed by atoms with Gasteiger partial charge in [0.15, 0.2) is 0 Å². The zero-order valence-electron chi connectivity index (χ0n) is 10.4. The van der Waals surface area contributed by atoms with Gasteiger partial charge < -0.3 is 0 Å². The molecular weight excluding hydrogens is 218 g/mol. The summed E-state index contributed by atoms with van der Waals surface area (Å²) in [6, 6.07) is 0.688. The van der Waals surface area contributed by atoms with Crippen LogP contribution in [0.4, 0.5) is 0 Å². The number of rotatable bonds is 3. The summed E-state index contributed by atoms with van der Waals surface area (Å²) in [5, 5.41) is 1.18. The first-order valence-electron chi connectivity index (χ1n) is 6.03. The van der Waals surface area contributed by atoms with Crippen LogP contribution in [0.1, 0.15) is 23.7 Å². The molecular formula is C12H21N3S. The van der Waals surface area contributed by atoms with E-state index in [1.807, 2.05) is 17.5 Å². The maximum Gasteiger partial charge on any atom is 0.0897 e. The van der Waals surface area contributed by atoms with Crippen LogP contribution in [0, 0.1) is 6.92 Å². The average Bonchev–Trinajstić information content (AvgIpc) is 2.65. The van der Waals surface area contributed by atoms with Gasteiger partial charge in [-0.05, 0) is 20.8 Å². The molecule has 0 N–H and O–H groups in total. The van der Waals surface area contributed by atoms with Gasteiger partial charge in [0.25, 0.3) is 0 Å². The third kappa shape index (κ3) is 3.03. The van der Waals surface area contributed by atoms with Crippen LogP contribution in [0.2, 0.25) is 0 Å². The van der Waals surface area contributed by atoms with Crippen molar-refractivity contribution in [2.75, 3.05) is 26.2 Å². The zero-order valence-corrected chi connectivity index (χ0v) is 11.3. The number of hydrogen-bond acceptors (Lipinski definition) is 4. The molecule has 1 aromatic rings. The lowest BCUT2D eigenvalue weighted by atomic mass is 10.2. The Morgan fingerprint density at radius 3 is 2.50 bits per heavy atom. The molecule has 0 aliphatic carbocycles. The fourth-order valence-electron chi connectivity index (χ4n) is 2.14. The Labute approximate surface area is 102 Å². The molecule has 0 amide bonds. The Kier molecular flexibility index (Phi) is 3.95. The van der Waals surface area contributed by atoms with Crippen molar-refractivity contribution in [1.29, 1.82) is 0 Å². The lowest BCUT2D eigenvalue weighted by Gasteiger charge is -2.36. The zero-order chi connectivity index (χ0) is 11.5. The van der Waals surface area contributed by atoms with Crippen molar-refractivity contribution < 1.29 is 0 Å². The molecule has 4 heteroatoms. The van der Waals surface area contributed by atoms with Crippen LogP contribution in [0.3, 0.4) is 0 Å². The number of piperazine rings is 1. The molecule has 0 spiro atoms. The van der Waals surface area contributed by atoms with Crippen molar-refractivity contribution in [2.24, 2.45) is 0 Å². The van der Waals surface area contributed by atoms with Gasteiger partial charge in [-0.15, -0.1) is 11.3 Å². The smallest absolute Gasteiger partial charge is 0.0897 e. The van der Waals surface area contributed by atoms with E-state index in [1.54, 1.807) is 0 Å². The highest BCUT2D eigenvalue weighted by Gasteiger charge is 2.18. The number of aryl methyl sites for hydroxylation is 1. The van der Waals surface area contributed by atoms with Crippen molar-refractivity contribution in [2.45, 2.75) is 33.4 Å². The lowest BCUT2D eigenvalue weighted by molar-refractivity contribution is 0.105. The van der Waals surface area contributed by atoms with Gasteiger partial charge in [0.2, 0.25) is 0 Å². The van der Waals surface area contributed by atoms with Crippen molar-refractivity contribution in [3.63, 3.8) is 0 Å². The van der Waals surface area contributed by atoms with E-state index < -0.39 is 0 Å². The van der Waals surface area contributed by atoms with Gasteiger partial charge in [-0.3, -0.25) is 9.80 Å². The Bertz CT molecular complexity index is 327. The minimum atomic E-state index is 0.688. The average molecular weight is 239 g/mol. The number of nitrogens with zero attached hydrogens (tertiary/aromatic N) is 3. The SMILES string of the molecule is Cc1ncc(CN2CCN(C(C)C)CC2)s1. The second-order valence-electron chi connectivity index (χ2n) is 4.75. The number of aromatic nitrogens is 1. The van der Waals surface area contributed by atoms with Crippen LogP contribution >= 0.6 is 11.3 Å². The molecule has 0 aromatic carbocycles. The number of hydrogen-bond donors (Lipinski definition) is 0. The third-order valence-corrected chi connectivity index (χ3v) is 4.08. The standard InChI is InChI=1S/C12H21N3S/c1-10(2)15-6-4-14(5-7-15)9-12-8-13-11(3)16-12/h8,10H,4-7,9H2,1-3H3. The second kappa shape index (κ2) is 5.25. The molecule has 16 heavy (non-hydrogen) atoms. The van der Waals surface area contributed by atoms with E-state index >= 15 is 0 Å². The summed E-state index contributed by atoms with van der Waals surface area (Å²) >= 11 is 1.82. The normalized spacial score (nSPS) is 19.5. The molecule has 1 aliphatic heterocycles. The Morgan fingerprint density at radius 2 is 2.00 bits per heavy atom. The summed E-state index contributed by atoms with van der Waals surface area (Å²) in [6.45, 7) is 12.5. The predicted molar refractivity (Wildman–Crippen MR) is 68.8 cm³/mol. The van der Waals surface area contributed by atoms with Crippen molar-refractivity contribution in [3.8, 4) is 0 Å². The fraction of sp³-hybridized carbons (Fsp3) is 0.750. The highest BCUT2D eigenvalue weighted by Crippen LogP contribution is 2.15. The lowest BCUT2D eigenvalue weighted by Crippen LogP contribution is -2.48. The summed E-state index contributed by atoms with van der Waals surface area (Å²) in [7, 11) is 0. The molecule has 1 fully saturated rings. The highest BCUT2D eigenvalue weighted by molar-refractivity contribution is 7.11. The van der Waals surface area contributed by atoms with Crippen LogP contribution in [-0.4, -0.2) is 47.0 Å². The summed E-state index contributed by atoms with van der Waals surface area (Å²) in [6.07, 6.45) is 2.02. The molecule has 0 bridgehead atoms. The minimum Gasteiger partial charge on any atom is -0.298 e. The van der Waals surface area contributed by atoms with Gasteiger partial charge in [-0.2, -0.15) is 0 Å². The van der Waals surface area contributed by atoms with Crippen LogP contribution in [-0.2, 0) is 6.54 Å². The maximum absolute atomic E-state index is 4.31. The first-order chi connectivity index (χ1) is 7.65. The van der Waals surface area contributed by atoms with Gasteiger partial charge in [-0.25, -0.2) is 4.98 Å². The second-order valence-corrected chi connectivity index (χ2v) is 6.07. The first-order valence-corrected chi connectivity index (χ1v) is 6.84. The molecule has 2 heterocycles. The summed E-state index contributed by atoms with van der Waals surface area (Å²) in [5.41, 5.74) is 0. The molecule has 1 saturated heterocycles. The van der Waals surface area contributed by atoms with Crippen LogP contribution in [0.15, 0.2) is 6.20 Å². The topological polar surface area (TPSA) is 19.4 Å². The van der Waals surface area contributed by atoms with E-state index in [4.69, 9.17) is 0 Å². The molecule has 0 unspecified atom stereocenters. The fourth-order valence-corrected chi connectivity index (χ4v) is 2.97. The Morgan fingerprint density at radius 1 is 1.31 bits per heavy atom. The minimum absolute atomic E-state index is 0.688. The highest BCUT2D eigenvalue weighted by atomic mass is 32.1. The van der Waals surface area contributed by atoms with Gasteiger partial charge >= 0.3 is 0 Å². The van der Waals surface area contributed by atoms with E-state index in [-0.39, 0.29) is 0 Å². The molecule has 90 valence electrons. The number of thiazole rings is 1. The van der Waals surface area contributed by atoms with Gasteiger partial charge in [0.05, 0.1) is 5.01 Å². The molecule has 0 saturated carbocycles. The van der Waals surface area contributed by atoms with Crippen molar-refractivity contribution in [3.05, 3.63) is 16.1 Å². The summed E-state index contributed by atoms with van der Waals surface area (Å²) in [4.78, 5) is 10.8. The van der Waals surface area contributed by atoms with E-state index in [1.165, 1.54) is 36.1 Å². The predicted octanol–water partition coefficient (Wildman–Crippen LogP) is 1.98. The quantitative estimate of drug-likeness (QED) is 0.804. The third-order valence-electron chi connectivity index (χ3n) is 3.19. The maximum atomic E-state index is 4.31. The molecule has 1 aliphatic rings. The molecule has 0 radical (unpaired) electrons. The van der Waals surface area contributed by atoms with Gasteiger partial charge in [-0.1, -0.05) is 0 Å². The summed E-state index contributed by atoms with van der Waals surface area (Å²) in [5.74, 6) is 0.